The number of aryl methyl sites for hydroxylation is 1. The highest BCUT2D eigenvalue weighted by molar-refractivity contribution is 6.48. The van der Waals surface area contributed by atoms with E-state index in [-0.39, 0.29) is 22.8 Å². The first-order valence-electron chi connectivity index (χ1n) is 8.84. The summed E-state index contributed by atoms with van der Waals surface area (Å²) in [5.74, 6) is -0.640. The van der Waals surface area contributed by atoms with E-state index in [9.17, 15) is 15.3 Å². The van der Waals surface area contributed by atoms with Crippen LogP contribution in [0.2, 0.25) is 0 Å². The number of hydrogen-bond acceptors (Lipinski definition) is 3. The van der Waals surface area contributed by atoms with Gasteiger partial charge in [-0.1, -0.05) is 30.6 Å². The molecule has 2 atom stereocenters. The van der Waals surface area contributed by atoms with Crippen molar-refractivity contribution in [3.8, 4) is 11.5 Å². The molecule has 128 valence electrons. The second kappa shape index (κ2) is 8.04. The molecule has 0 saturated heterocycles. The number of benzene rings is 1. The summed E-state index contributed by atoms with van der Waals surface area (Å²) < 4.78 is 0. The standard InChI is InChI=1S/C19H22B4O3/c1-3-4-11-7-15(24)17(16(25)8-11)14-9-12(19(22,23)26)5-6-13(14)10(2)18(20)21/h7-9,13-14,24-26H,3-6H2,1-2H3. The Morgan fingerprint density at radius 2 is 1.77 bits per heavy atom. The molecule has 0 spiro atoms. The van der Waals surface area contributed by atoms with Crippen molar-refractivity contribution in [3.05, 3.63) is 45.9 Å². The van der Waals surface area contributed by atoms with E-state index >= 15 is 0 Å². The molecule has 3 nitrogen and oxygen atoms in total. The lowest BCUT2D eigenvalue weighted by Crippen LogP contribution is -2.35. The summed E-state index contributed by atoms with van der Waals surface area (Å²) in [4.78, 5) is 0. The second-order valence-corrected chi connectivity index (χ2v) is 7.12. The fourth-order valence-corrected chi connectivity index (χ4v) is 3.68. The van der Waals surface area contributed by atoms with Gasteiger partial charge < -0.3 is 15.3 Å². The van der Waals surface area contributed by atoms with Gasteiger partial charge in [-0.05, 0) is 49.8 Å². The third kappa shape index (κ3) is 4.43. The van der Waals surface area contributed by atoms with Gasteiger partial charge in [0.05, 0.1) is 15.7 Å². The Bertz CT molecular complexity index is 708. The maximum Gasteiger partial charge on any atom is 0.123 e. The molecule has 0 bridgehead atoms. The van der Waals surface area contributed by atoms with E-state index in [2.05, 4.69) is 0 Å². The average Bonchev–Trinajstić information content (AvgIpc) is 2.52. The van der Waals surface area contributed by atoms with Crippen LogP contribution in [0, 0.1) is 5.92 Å². The zero-order valence-electron chi connectivity index (χ0n) is 15.4. The first-order chi connectivity index (χ1) is 12.1. The largest absolute Gasteiger partial charge is 0.507 e. The smallest absolute Gasteiger partial charge is 0.123 e. The minimum Gasteiger partial charge on any atom is -0.507 e. The highest BCUT2D eigenvalue weighted by atomic mass is 16.3. The van der Waals surface area contributed by atoms with Gasteiger partial charge in [0.15, 0.2) is 0 Å². The number of hydrogen-bond donors (Lipinski definition) is 3. The molecule has 0 aromatic heterocycles. The number of phenolic OH excluding ortho intramolecular Hbond substituents is 2. The molecule has 0 fully saturated rings. The van der Waals surface area contributed by atoms with Crippen LogP contribution in [0.5, 0.6) is 11.5 Å². The van der Waals surface area contributed by atoms with Gasteiger partial charge in [-0.25, -0.2) is 0 Å². The van der Waals surface area contributed by atoms with Crippen LogP contribution in [0.25, 0.3) is 0 Å². The van der Waals surface area contributed by atoms with Crippen LogP contribution in [-0.4, -0.2) is 52.1 Å². The predicted molar refractivity (Wildman–Crippen MR) is 108 cm³/mol. The average molecular weight is 342 g/mol. The molecule has 1 aliphatic rings. The van der Waals surface area contributed by atoms with E-state index < -0.39 is 11.3 Å². The van der Waals surface area contributed by atoms with Gasteiger partial charge >= 0.3 is 0 Å². The molecule has 1 aromatic rings. The second-order valence-electron chi connectivity index (χ2n) is 7.12. The van der Waals surface area contributed by atoms with Crippen molar-refractivity contribution >= 4 is 31.4 Å². The van der Waals surface area contributed by atoms with Crippen LogP contribution in [0.4, 0.5) is 0 Å². The summed E-state index contributed by atoms with van der Waals surface area (Å²) >= 11 is 0. The van der Waals surface area contributed by atoms with Crippen molar-refractivity contribution in [1.82, 2.24) is 0 Å². The Morgan fingerprint density at radius 3 is 2.23 bits per heavy atom. The van der Waals surface area contributed by atoms with E-state index in [0.717, 1.165) is 24.0 Å². The van der Waals surface area contributed by atoms with Crippen molar-refractivity contribution in [1.29, 1.82) is 0 Å². The molecular formula is C19H22B4O3. The van der Waals surface area contributed by atoms with Crippen LogP contribution >= 0.6 is 0 Å². The lowest BCUT2D eigenvalue weighted by Gasteiger charge is -2.37. The third-order valence-corrected chi connectivity index (χ3v) is 5.13. The summed E-state index contributed by atoms with van der Waals surface area (Å²) in [5.41, 5.74) is 2.41. The molecule has 0 heterocycles. The van der Waals surface area contributed by atoms with Crippen molar-refractivity contribution in [2.75, 3.05) is 0 Å². The minimum absolute atomic E-state index is 0.0121. The fourth-order valence-electron chi connectivity index (χ4n) is 3.68. The molecule has 7 heteroatoms. The Labute approximate surface area is 161 Å². The van der Waals surface area contributed by atoms with Gasteiger partial charge in [0, 0.05) is 16.9 Å². The van der Waals surface area contributed by atoms with Crippen LogP contribution in [0.15, 0.2) is 34.7 Å². The first kappa shape index (κ1) is 20.8. The van der Waals surface area contributed by atoms with Crippen LogP contribution < -0.4 is 0 Å². The maximum absolute atomic E-state index is 10.6. The first-order valence-corrected chi connectivity index (χ1v) is 8.84. The number of aromatic hydroxyl groups is 2. The van der Waals surface area contributed by atoms with E-state index in [1.165, 1.54) is 0 Å². The third-order valence-electron chi connectivity index (χ3n) is 5.13. The summed E-state index contributed by atoms with van der Waals surface area (Å²) in [7, 11) is 22.9. The zero-order chi connectivity index (χ0) is 19.6. The molecule has 1 aliphatic carbocycles. The lowest BCUT2D eigenvalue weighted by molar-refractivity contribution is 0.237. The number of phenols is 2. The maximum atomic E-state index is 10.6. The Morgan fingerprint density at radius 1 is 1.19 bits per heavy atom. The van der Waals surface area contributed by atoms with Gasteiger partial charge in [0.2, 0.25) is 0 Å². The van der Waals surface area contributed by atoms with E-state index in [1.807, 2.05) is 13.8 Å². The van der Waals surface area contributed by atoms with Crippen LogP contribution in [0.1, 0.15) is 50.2 Å². The fraction of sp³-hybridized carbons (Fsp3) is 0.474. The summed E-state index contributed by atoms with van der Waals surface area (Å²) in [6.45, 7) is 3.85. The van der Waals surface area contributed by atoms with Gasteiger partial charge in [0.25, 0.3) is 0 Å². The Kier molecular flexibility index (Phi) is 6.44. The predicted octanol–water partition coefficient (Wildman–Crippen LogP) is 2.02. The Balaban J connectivity index is 2.61. The summed E-state index contributed by atoms with van der Waals surface area (Å²) in [6, 6.07) is 3.30. The topological polar surface area (TPSA) is 60.7 Å². The summed E-state index contributed by atoms with van der Waals surface area (Å²) in [5, 5.41) is 29.4. The van der Waals surface area contributed by atoms with Crippen LogP contribution in [0.3, 0.4) is 0 Å². The van der Waals surface area contributed by atoms with Crippen molar-refractivity contribution < 1.29 is 15.3 Å². The molecule has 26 heavy (non-hydrogen) atoms. The minimum atomic E-state index is -1.96. The number of aliphatic hydroxyl groups is 1. The van der Waals surface area contributed by atoms with Gasteiger partial charge in [-0.15, -0.1) is 0 Å². The monoisotopic (exact) mass is 342 g/mol. The number of rotatable bonds is 5. The molecule has 3 N–H and O–H groups in total. The van der Waals surface area contributed by atoms with Gasteiger partial charge in [0.1, 0.15) is 27.2 Å². The quantitative estimate of drug-likeness (QED) is 0.567. The van der Waals surface area contributed by atoms with E-state index in [1.54, 1.807) is 18.2 Å². The number of allylic oxidation sites excluding steroid dienone is 2. The Hall–Kier alpha value is -1.48. The molecule has 0 amide bonds. The summed E-state index contributed by atoms with van der Waals surface area (Å²) in [6.07, 6.45) is 4.38. The molecular weight excluding hydrogens is 319 g/mol. The van der Waals surface area contributed by atoms with E-state index in [4.69, 9.17) is 31.4 Å². The van der Waals surface area contributed by atoms with Crippen molar-refractivity contribution in [3.63, 3.8) is 0 Å². The van der Waals surface area contributed by atoms with E-state index in [0.29, 0.717) is 24.0 Å². The SMILES string of the molecule is [B]C([B])=C(C)C1CCC(C([B])([B])O)=CC1c1c(O)cc(CCC)cc1O. The lowest BCUT2D eigenvalue weighted by atomic mass is 9.56. The van der Waals surface area contributed by atoms with Crippen molar-refractivity contribution in [2.45, 2.75) is 50.8 Å². The van der Waals surface area contributed by atoms with Gasteiger partial charge in [-0.3, -0.25) is 0 Å². The van der Waals surface area contributed by atoms with Crippen LogP contribution in [-0.2, 0) is 6.42 Å². The normalized spacial score (nSPS) is 20.5. The molecule has 0 saturated carbocycles. The molecule has 2 rings (SSSR count). The van der Waals surface area contributed by atoms with Gasteiger partial charge in [-0.2, -0.15) is 5.37 Å². The van der Waals surface area contributed by atoms with Crippen molar-refractivity contribution in [2.24, 2.45) is 5.92 Å². The highest BCUT2D eigenvalue weighted by Gasteiger charge is 2.34. The zero-order valence-corrected chi connectivity index (χ0v) is 15.4. The molecule has 1 aromatic carbocycles. The highest BCUT2D eigenvalue weighted by Crippen LogP contribution is 2.48. The molecule has 0 aliphatic heterocycles. The molecule has 2 unspecified atom stereocenters. The molecule has 8 radical (unpaired) electrons.